The quantitative estimate of drug-likeness (QED) is 0.368. The van der Waals surface area contributed by atoms with Crippen molar-refractivity contribution in [2.24, 2.45) is 28.6 Å². The van der Waals surface area contributed by atoms with Gasteiger partial charge >= 0.3 is 5.97 Å². The molecular formula is C28H33ClO3. The Kier molecular flexibility index (Phi) is 5.40. The average molecular weight is 453 g/mol. The number of carbonyl (C=O) groups is 2. The van der Waals surface area contributed by atoms with E-state index in [0.717, 1.165) is 44.1 Å². The first-order valence-corrected chi connectivity index (χ1v) is 12.5. The van der Waals surface area contributed by atoms with Crippen molar-refractivity contribution in [3.63, 3.8) is 0 Å². The van der Waals surface area contributed by atoms with Crippen molar-refractivity contribution in [3.05, 3.63) is 58.1 Å². The zero-order valence-corrected chi connectivity index (χ0v) is 20.1. The number of Topliss-reactive ketones (excluding diaryl/α,β-unsaturated/α-hetero) is 1. The maximum absolute atomic E-state index is 12.6. The topological polar surface area (TPSA) is 43.4 Å². The van der Waals surface area contributed by atoms with Gasteiger partial charge in [-0.05, 0) is 104 Å². The van der Waals surface area contributed by atoms with Gasteiger partial charge in [0.25, 0.3) is 0 Å². The predicted octanol–water partition coefficient (Wildman–Crippen LogP) is 6.95. The van der Waals surface area contributed by atoms with E-state index < -0.39 is 0 Å². The number of benzene rings is 1. The van der Waals surface area contributed by atoms with E-state index >= 15 is 0 Å². The molecule has 0 spiro atoms. The largest absolute Gasteiger partial charge is 0.458 e. The molecule has 1 aromatic rings. The minimum atomic E-state index is -0.258. The second-order valence-corrected chi connectivity index (χ2v) is 11.3. The van der Waals surface area contributed by atoms with E-state index in [2.05, 4.69) is 26.0 Å². The summed E-state index contributed by atoms with van der Waals surface area (Å²) in [6, 6.07) is 6.91. The van der Waals surface area contributed by atoms with Gasteiger partial charge in [-0.25, -0.2) is 4.79 Å². The zero-order valence-electron chi connectivity index (χ0n) is 19.3. The van der Waals surface area contributed by atoms with Gasteiger partial charge in [0.15, 0.2) is 5.78 Å². The Hall–Kier alpha value is -1.87. The molecule has 4 heteroatoms. The first-order chi connectivity index (χ1) is 15.2. The van der Waals surface area contributed by atoms with Gasteiger partial charge < -0.3 is 4.74 Å². The van der Waals surface area contributed by atoms with E-state index in [-0.39, 0.29) is 28.7 Å². The van der Waals surface area contributed by atoms with Gasteiger partial charge in [-0.3, -0.25) is 4.79 Å². The van der Waals surface area contributed by atoms with Crippen LogP contribution in [0.3, 0.4) is 0 Å². The molecule has 0 saturated heterocycles. The molecule has 2 saturated carbocycles. The molecule has 0 aliphatic heterocycles. The minimum absolute atomic E-state index is 0.0552. The smallest absolute Gasteiger partial charge is 0.338 e. The fourth-order valence-corrected chi connectivity index (χ4v) is 7.77. The fraction of sp³-hybridized carbons (Fsp3) is 0.571. The molecule has 1 aromatic carbocycles. The Morgan fingerprint density at radius 3 is 2.41 bits per heavy atom. The van der Waals surface area contributed by atoms with Crippen LogP contribution in [0.1, 0.15) is 76.1 Å². The van der Waals surface area contributed by atoms with Crippen molar-refractivity contribution in [2.45, 2.75) is 71.8 Å². The van der Waals surface area contributed by atoms with Crippen LogP contribution in [0.15, 0.2) is 47.6 Å². The van der Waals surface area contributed by atoms with E-state index in [9.17, 15) is 9.59 Å². The molecule has 32 heavy (non-hydrogen) atoms. The van der Waals surface area contributed by atoms with Crippen LogP contribution in [-0.4, -0.2) is 17.9 Å². The summed E-state index contributed by atoms with van der Waals surface area (Å²) >= 11 is 5.94. The van der Waals surface area contributed by atoms with Crippen molar-refractivity contribution in [2.75, 3.05) is 0 Å². The monoisotopic (exact) mass is 452 g/mol. The van der Waals surface area contributed by atoms with E-state index in [1.165, 1.54) is 12.0 Å². The van der Waals surface area contributed by atoms with Crippen LogP contribution in [0.4, 0.5) is 0 Å². The fourth-order valence-electron chi connectivity index (χ4n) is 7.65. The van der Waals surface area contributed by atoms with Crippen molar-refractivity contribution >= 4 is 23.4 Å². The van der Waals surface area contributed by atoms with E-state index in [0.29, 0.717) is 28.3 Å². The summed E-state index contributed by atoms with van der Waals surface area (Å²) in [5.41, 5.74) is 3.37. The molecule has 0 bridgehead atoms. The number of carbonyl (C=O) groups excluding carboxylic acids is 2. The van der Waals surface area contributed by atoms with Crippen LogP contribution in [-0.2, 0) is 9.53 Å². The summed E-state index contributed by atoms with van der Waals surface area (Å²) in [5, 5.41) is 0.619. The highest BCUT2D eigenvalue weighted by Crippen LogP contribution is 2.65. The molecule has 5 rings (SSSR count). The number of ketones is 1. The Morgan fingerprint density at radius 1 is 0.969 bits per heavy atom. The highest BCUT2D eigenvalue weighted by atomic mass is 35.5. The number of halogens is 1. The van der Waals surface area contributed by atoms with Gasteiger partial charge in [-0.1, -0.05) is 43.2 Å². The molecule has 0 heterocycles. The van der Waals surface area contributed by atoms with Crippen LogP contribution in [0.5, 0.6) is 0 Å². The molecule has 0 N–H and O–H groups in total. The van der Waals surface area contributed by atoms with Crippen LogP contribution in [0.2, 0.25) is 5.02 Å². The maximum atomic E-state index is 12.6. The molecule has 170 valence electrons. The zero-order chi connectivity index (χ0) is 22.7. The Balaban J connectivity index is 1.31. The molecule has 2 fully saturated rings. The van der Waals surface area contributed by atoms with E-state index in [1.807, 2.05) is 0 Å². The summed E-state index contributed by atoms with van der Waals surface area (Å²) in [6.45, 7) is 6.52. The maximum Gasteiger partial charge on any atom is 0.338 e. The number of fused-ring (bicyclic) bond motifs is 5. The molecule has 6 atom stereocenters. The van der Waals surface area contributed by atoms with Crippen molar-refractivity contribution in [3.8, 4) is 0 Å². The molecule has 0 unspecified atom stereocenters. The standard InChI is InChI=1S/C28H33ClO3/c1-17(30)23-10-11-24-22-9-6-19-16-21(32-26(31)18-4-7-20(29)8-5-18)12-14-27(19,2)25(22)13-15-28(23,24)3/h4-8,10,21-22,24-25H,9,11-16H2,1-3H3/t21-,22-,24-,25-,27-,28+/m0/s1. The molecule has 4 aliphatic rings. The number of rotatable bonds is 3. The Morgan fingerprint density at radius 2 is 1.69 bits per heavy atom. The third-order valence-electron chi connectivity index (χ3n) is 9.37. The molecule has 4 aliphatic carbocycles. The van der Waals surface area contributed by atoms with Gasteiger partial charge in [0.2, 0.25) is 0 Å². The summed E-state index contributed by atoms with van der Waals surface area (Å²) in [4.78, 5) is 24.9. The lowest BCUT2D eigenvalue weighted by atomic mass is 9.47. The average Bonchev–Trinajstić information content (AvgIpc) is 3.12. The van der Waals surface area contributed by atoms with E-state index in [1.54, 1.807) is 31.2 Å². The summed E-state index contributed by atoms with van der Waals surface area (Å²) in [7, 11) is 0. The van der Waals surface area contributed by atoms with Crippen molar-refractivity contribution in [1.82, 2.24) is 0 Å². The van der Waals surface area contributed by atoms with Crippen molar-refractivity contribution < 1.29 is 14.3 Å². The SMILES string of the molecule is CC(=O)C1=CC[C@H]2[C@@H]3CC=C4C[C@@H](OC(=O)c5ccc(Cl)cc5)CC[C@]4(C)[C@H]3CC[C@]12C. The summed E-state index contributed by atoms with van der Waals surface area (Å²) in [5.74, 6) is 1.88. The molecule has 0 aromatic heterocycles. The first-order valence-electron chi connectivity index (χ1n) is 12.1. The first kappa shape index (κ1) is 21.9. The normalized spacial score (nSPS) is 38.0. The number of ether oxygens (including phenoxy) is 1. The lowest BCUT2D eigenvalue weighted by Crippen LogP contribution is -2.50. The van der Waals surface area contributed by atoms with Gasteiger partial charge in [0.1, 0.15) is 6.10 Å². The minimum Gasteiger partial charge on any atom is -0.458 e. The predicted molar refractivity (Wildman–Crippen MR) is 127 cm³/mol. The lowest BCUT2D eigenvalue weighted by molar-refractivity contribution is -0.115. The summed E-state index contributed by atoms with van der Waals surface area (Å²) < 4.78 is 5.90. The molecule has 0 amide bonds. The second kappa shape index (κ2) is 7.87. The Labute approximate surface area is 196 Å². The lowest BCUT2D eigenvalue weighted by Gasteiger charge is -2.57. The van der Waals surface area contributed by atoms with E-state index in [4.69, 9.17) is 16.3 Å². The number of hydrogen-bond donors (Lipinski definition) is 0. The molecular weight excluding hydrogens is 420 g/mol. The van der Waals surface area contributed by atoms with Gasteiger partial charge in [-0.2, -0.15) is 0 Å². The number of allylic oxidation sites excluding steroid dienone is 3. The van der Waals surface area contributed by atoms with Crippen LogP contribution >= 0.6 is 11.6 Å². The third-order valence-corrected chi connectivity index (χ3v) is 9.62. The second-order valence-electron chi connectivity index (χ2n) is 10.9. The number of esters is 1. The molecule has 0 radical (unpaired) electrons. The van der Waals surface area contributed by atoms with Crippen LogP contribution in [0.25, 0.3) is 0 Å². The highest BCUT2D eigenvalue weighted by molar-refractivity contribution is 6.30. The number of hydrogen-bond acceptors (Lipinski definition) is 3. The van der Waals surface area contributed by atoms with Crippen LogP contribution in [0, 0.1) is 28.6 Å². The Bertz CT molecular complexity index is 1010. The third kappa shape index (κ3) is 3.39. The van der Waals surface area contributed by atoms with Crippen molar-refractivity contribution in [1.29, 1.82) is 0 Å². The van der Waals surface area contributed by atoms with Gasteiger partial charge in [0, 0.05) is 11.4 Å². The van der Waals surface area contributed by atoms with Gasteiger partial charge in [0.05, 0.1) is 5.56 Å². The highest BCUT2D eigenvalue weighted by Gasteiger charge is 2.57. The van der Waals surface area contributed by atoms with Crippen LogP contribution < -0.4 is 0 Å². The summed E-state index contributed by atoms with van der Waals surface area (Å²) in [6.07, 6.45) is 11.9. The molecule has 3 nitrogen and oxygen atoms in total. The van der Waals surface area contributed by atoms with Gasteiger partial charge in [-0.15, -0.1) is 0 Å².